The molecule has 0 saturated carbocycles. The van der Waals surface area contributed by atoms with Crippen molar-refractivity contribution in [2.24, 2.45) is 0 Å². The van der Waals surface area contributed by atoms with Crippen molar-refractivity contribution in [2.45, 2.75) is 25.8 Å². The van der Waals surface area contributed by atoms with E-state index in [9.17, 15) is 9.59 Å². The zero-order valence-corrected chi connectivity index (χ0v) is 12.1. The molecule has 1 N–H and O–H groups in total. The van der Waals surface area contributed by atoms with Crippen LogP contribution in [-0.4, -0.2) is 74.6 Å². The predicted molar refractivity (Wildman–Crippen MR) is 72.8 cm³/mol. The van der Waals surface area contributed by atoms with E-state index in [4.69, 9.17) is 4.74 Å². The van der Waals surface area contributed by atoms with E-state index in [1.54, 1.807) is 4.90 Å². The van der Waals surface area contributed by atoms with Crippen LogP contribution in [0.5, 0.6) is 0 Å². The molecule has 0 aliphatic carbocycles. The summed E-state index contributed by atoms with van der Waals surface area (Å²) in [5.74, 6) is -0.0657. The van der Waals surface area contributed by atoms with E-state index < -0.39 is 0 Å². The summed E-state index contributed by atoms with van der Waals surface area (Å²) in [5.41, 5.74) is 0. The van der Waals surface area contributed by atoms with Gasteiger partial charge in [0, 0.05) is 13.1 Å². The summed E-state index contributed by atoms with van der Waals surface area (Å²) in [5, 5.41) is 2.74. The van der Waals surface area contributed by atoms with Crippen molar-refractivity contribution in [3.8, 4) is 0 Å². The summed E-state index contributed by atoms with van der Waals surface area (Å²) >= 11 is 0. The quantitative estimate of drug-likeness (QED) is 0.615. The third-order valence-electron chi connectivity index (χ3n) is 3.05. The molecule has 1 heterocycles. The summed E-state index contributed by atoms with van der Waals surface area (Å²) in [6, 6.07) is -0.354. The van der Waals surface area contributed by atoms with Crippen LogP contribution in [0.4, 0.5) is 0 Å². The fourth-order valence-electron chi connectivity index (χ4n) is 1.97. The summed E-state index contributed by atoms with van der Waals surface area (Å²) in [6.07, 6.45) is 1.58. The first-order chi connectivity index (χ1) is 9.04. The lowest BCUT2D eigenvalue weighted by atomic mass is 10.1. The smallest absolute Gasteiger partial charge is 0.245 e. The molecule has 1 aliphatic rings. The standard InChI is InChI=1S/C13H25N3O3/c1-4-5-11-13(18)16(10-12(17)14-11)7-9-19-8-6-15(2)3/h11H,4-10H2,1-3H3,(H,14,17). The Morgan fingerprint density at radius 3 is 2.74 bits per heavy atom. The molecule has 1 rings (SSSR count). The van der Waals surface area contributed by atoms with E-state index in [1.165, 1.54) is 0 Å². The summed E-state index contributed by atoms with van der Waals surface area (Å²) in [7, 11) is 3.97. The van der Waals surface area contributed by atoms with Gasteiger partial charge < -0.3 is 19.9 Å². The van der Waals surface area contributed by atoms with Gasteiger partial charge in [0.1, 0.15) is 6.04 Å². The van der Waals surface area contributed by atoms with Crippen molar-refractivity contribution in [1.29, 1.82) is 0 Å². The van der Waals surface area contributed by atoms with Crippen molar-refractivity contribution in [1.82, 2.24) is 15.1 Å². The minimum Gasteiger partial charge on any atom is -0.378 e. The van der Waals surface area contributed by atoms with E-state index in [2.05, 4.69) is 5.32 Å². The lowest BCUT2D eigenvalue weighted by Crippen LogP contribution is -2.58. The normalized spacial score (nSPS) is 20.0. The van der Waals surface area contributed by atoms with Gasteiger partial charge in [-0.05, 0) is 20.5 Å². The van der Waals surface area contributed by atoms with E-state index in [-0.39, 0.29) is 24.4 Å². The number of piperazine rings is 1. The van der Waals surface area contributed by atoms with Crippen LogP contribution in [0.2, 0.25) is 0 Å². The topological polar surface area (TPSA) is 61.9 Å². The molecule has 110 valence electrons. The molecule has 0 radical (unpaired) electrons. The van der Waals surface area contributed by atoms with Gasteiger partial charge in [-0.3, -0.25) is 9.59 Å². The summed E-state index contributed by atoms with van der Waals surface area (Å²) in [4.78, 5) is 27.2. The average molecular weight is 271 g/mol. The minimum atomic E-state index is -0.354. The Balaban J connectivity index is 2.31. The number of hydrogen-bond donors (Lipinski definition) is 1. The first-order valence-corrected chi connectivity index (χ1v) is 6.85. The average Bonchev–Trinajstić information content (AvgIpc) is 2.34. The van der Waals surface area contributed by atoms with E-state index in [0.29, 0.717) is 26.2 Å². The summed E-state index contributed by atoms with van der Waals surface area (Å²) < 4.78 is 5.46. The molecule has 0 bridgehead atoms. The highest BCUT2D eigenvalue weighted by Crippen LogP contribution is 2.07. The van der Waals surface area contributed by atoms with Crippen molar-refractivity contribution in [3.05, 3.63) is 0 Å². The number of hydrogen-bond acceptors (Lipinski definition) is 4. The molecule has 0 aromatic carbocycles. The second kappa shape index (κ2) is 8.12. The molecule has 1 aliphatic heterocycles. The molecule has 19 heavy (non-hydrogen) atoms. The summed E-state index contributed by atoms with van der Waals surface area (Å²) in [6.45, 7) is 4.61. The van der Waals surface area contributed by atoms with Gasteiger partial charge in [-0.25, -0.2) is 0 Å². The van der Waals surface area contributed by atoms with Crippen LogP contribution in [0.1, 0.15) is 19.8 Å². The molecule has 1 saturated heterocycles. The molecular weight excluding hydrogens is 246 g/mol. The van der Waals surface area contributed by atoms with Gasteiger partial charge in [0.05, 0.1) is 19.8 Å². The third-order valence-corrected chi connectivity index (χ3v) is 3.05. The SMILES string of the molecule is CCCC1NC(=O)CN(CCOCCN(C)C)C1=O. The van der Waals surface area contributed by atoms with Gasteiger partial charge in [-0.15, -0.1) is 0 Å². The number of nitrogens with zero attached hydrogens (tertiary/aromatic N) is 2. The predicted octanol–water partition coefficient (Wildman–Crippen LogP) is -0.308. The molecular formula is C13H25N3O3. The van der Waals surface area contributed by atoms with Crippen LogP contribution in [0.3, 0.4) is 0 Å². The number of nitrogens with one attached hydrogen (secondary N) is 1. The van der Waals surface area contributed by atoms with Gasteiger partial charge in [-0.1, -0.05) is 13.3 Å². The molecule has 6 nitrogen and oxygen atoms in total. The van der Waals surface area contributed by atoms with Gasteiger partial charge in [0.25, 0.3) is 0 Å². The maximum Gasteiger partial charge on any atom is 0.245 e. The highest BCUT2D eigenvalue weighted by molar-refractivity contribution is 5.94. The molecule has 1 unspecified atom stereocenters. The van der Waals surface area contributed by atoms with Gasteiger partial charge in [-0.2, -0.15) is 0 Å². The molecule has 0 aromatic rings. The van der Waals surface area contributed by atoms with Crippen molar-refractivity contribution in [2.75, 3.05) is 46.9 Å². The second-order valence-electron chi connectivity index (χ2n) is 5.08. The molecule has 1 fully saturated rings. The van der Waals surface area contributed by atoms with E-state index in [1.807, 2.05) is 25.9 Å². The maximum atomic E-state index is 12.1. The van der Waals surface area contributed by atoms with Crippen LogP contribution in [0, 0.1) is 0 Å². The molecule has 1 atom stereocenters. The Bertz CT molecular complexity index is 308. The lowest BCUT2D eigenvalue weighted by molar-refractivity contribution is -0.145. The number of rotatable bonds is 8. The first-order valence-electron chi connectivity index (χ1n) is 6.85. The number of ether oxygens (including phenoxy) is 1. The fourth-order valence-corrected chi connectivity index (χ4v) is 1.97. The Labute approximate surface area is 115 Å². The highest BCUT2D eigenvalue weighted by atomic mass is 16.5. The molecule has 2 amide bonds. The van der Waals surface area contributed by atoms with Crippen molar-refractivity contribution < 1.29 is 14.3 Å². The van der Waals surface area contributed by atoms with Gasteiger partial charge >= 0.3 is 0 Å². The zero-order valence-electron chi connectivity index (χ0n) is 12.1. The number of likely N-dealkylation sites (N-methyl/N-ethyl adjacent to an activating group) is 1. The second-order valence-corrected chi connectivity index (χ2v) is 5.08. The van der Waals surface area contributed by atoms with Crippen LogP contribution >= 0.6 is 0 Å². The number of carbonyl (C=O) groups excluding carboxylic acids is 2. The van der Waals surface area contributed by atoms with Crippen LogP contribution in [-0.2, 0) is 14.3 Å². The Morgan fingerprint density at radius 1 is 1.37 bits per heavy atom. The number of carbonyl (C=O) groups is 2. The van der Waals surface area contributed by atoms with Crippen molar-refractivity contribution in [3.63, 3.8) is 0 Å². The Morgan fingerprint density at radius 2 is 2.11 bits per heavy atom. The van der Waals surface area contributed by atoms with Gasteiger partial charge in [0.15, 0.2) is 0 Å². The maximum absolute atomic E-state index is 12.1. The van der Waals surface area contributed by atoms with E-state index in [0.717, 1.165) is 13.0 Å². The Hall–Kier alpha value is -1.14. The fraction of sp³-hybridized carbons (Fsp3) is 0.846. The van der Waals surface area contributed by atoms with Crippen molar-refractivity contribution >= 4 is 11.8 Å². The zero-order chi connectivity index (χ0) is 14.3. The van der Waals surface area contributed by atoms with E-state index >= 15 is 0 Å². The first kappa shape index (κ1) is 15.9. The molecule has 0 spiro atoms. The van der Waals surface area contributed by atoms with Crippen LogP contribution in [0.15, 0.2) is 0 Å². The van der Waals surface area contributed by atoms with Gasteiger partial charge in [0.2, 0.25) is 11.8 Å². The highest BCUT2D eigenvalue weighted by Gasteiger charge is 2.31. The minimum absolute atomic E-state index is 0.0117. The number of amides is 2. The molecule has 6 heteroatoms. The molecule has 0 aromatic heterocycles. The Kier molecular flexibility index (Phi) is 6.80. The largest absolute Gasteiger partial charge is 0.378 e. The third kappa shape index (κ3) is 5.57. The lowest BCUT2D eigenvalue weighted by Gasteiger charge is -2.32. The van der Waals surface area contributed by atoms with Crippen LogP contribution < -0.4 is 5.32 Å². The monoisotopic (exact) mass is 271 g/mol. The van der Waals surface area contributed by atoms with Crippen LogP contribution in [0.25, 0.3) is 0 Å².